The Bertz CT molecular complexity index is 995. The lowest BCUT2D eigenvalue weighted by Crippen LogP contribution is -2.23. The number of ether oxygens (including phenoxy) is 1. The Morgan fingerprint density at radius 2 is 1.91 bits per heavy atom. The van der Waals surface area contributed by atoms with E-state index in [1.807, 2.05) is 0 Å². The van der Waals surface area contributed by atoms with Gasteiger partial charge in [0, 0.05) is 5.56 Å². The Morgan fingerprint density at radius 1 is 1.17 bits per heavy atom. The SMILES string of the molecule is Cc1cc(-c2ccccc2OC(F)F)nc2c(=O)[nH]c(=O)[nH]c12. The van der Waals surface area contributed by atoms with Gasteiger partial charge in [0.05, 0.1) is 11.2 Å². The van der Waals surface area contributed by atoms with Crippen molar-refractivity contribution in [1.29, 1.82) is 0 Å². The van der Waals surface area contributed by atoms with Gasteiger partial charge in [0.15, 0.2) is 5.52 Å². The van der Waals surface area contributed by atoms with Gasteiger partial charge in [-0.1, -0.05) is 12.1 Å². The molecule has 0 fully saturated rings. The first-order chi connectivity index (χ1) is 11.0. The number of pyridine rings is 1. The van der Waals surface area contributed by atoms with E-state index < -0.39 is 17.9 Å². The molecule has 2 heterocycles. The summed E-state index contributed by atoms with van der Waals surface area (Å²) in [6, 6.07) is 7.74. The van der Waals surface area contributed by atoms with E-state index in [2.05, 4.69) is 19.7 Å². The lowest BCUT2D eigenvalue weighted by molar-refractivity contribution is -0.0494. The zero-order valence-electron chi connectivity index (χ0n) is 11.9. The van der Waals surface area contributed by atoms with Crippen LogP contribution in [0.1, 0.15) is 5.56 Å². The van der Waals surface area contributed by atoms with Gasteiger partial charge in [0.25, 0.3) is 5.56 Å². The number of rotatable bonds is 3. The van der Waals surface area contributed by atoms with Crippen LogP contribution in [0.2, 0.25) is 0 Å². The van der Waals surface area contributed by atoms with Crippen LogP contribution >= 0.6 is 0 Å². The van der Waals surface area contributed by atoms with Gasteiger partial charge in [-0.15, -0.1) is 0 Å². The lowest BCUT2D eigenvalue weighted by atomic mass is 10.1. The van der Waals surface area contributed by atoms with Gasteiger partial charge in [0.1, 0.15) is 5.75 Å². The highest BCUT2D eigenvalue weighted by molar-refractivity contribution is 5.81. The number of alkyl halides is 2. The molecule has 0 aliphatic carbocycles. The fourth-order valence-corrected chi connectivity index (χ4v) is 2.32. The van der Waals surface area contributed by atoms with E-state index >= 15 is 0 Å². The fraction of sp³-hybridized carbons (Fsp3) is 0.133. The highest BCUT2D eigenvalue weighted by Crippen LogP contribution is 2.31. The number of H-pyrrole nitrogens is 2. The summed E-state index contributed by atoms with van der Waals surface area (Å²) in [5.41, 5.74) is 0.232. The Morgan fingerprint density at radius 3 is 2.65 bits per heavy atom. The van der Waals surface area contributed by atoms with Gasteiger partial charge >= 0.3 is 12.3 Å². The maximum Gasteiger partial charge on any atom is 0.387 e. The number of hydrogen-bond donors (Lipinski definition) is 2. The van der Waals surface area contributed by atoms with Crippen LogP contribution in [0.5, 0.6) is 5.75 Å². The second-order valence-electron chi connectivity index (χ2n) is 4.83. The Hall–Kier alpha value is -3.03. The first-order valence-electron chi connectivity index (χ1n) is 6.64. The summed E-state index contributed by atoms with van der Waals surface area (Å²) in [7, 11) is 0. The molecule has 0 atom stereocenters. The van der Waals surface area contributed by atoms with E-state index in [1.54, 1.807) is 31.2 Å². The highest BCUT2D eigenvalue weighted by atomic mass is 19.3. The molecule has 23 heavy (non-hydrogen) atoms. The van der Waals surface area contributed by atoms with E-state index in [0.717, 1.165) is 0 Å². The molecule has 8 heteroatoms. The molecular weight excluding hydrogens is 308 g/mol. The van der Waals surface area contributed by atoms with Gasteiger partial charge in [0.2, 0.25) is 0 Å². The van der Waals surface area contributed by atoms with Crippen LogP contribution in [0.15, 0.2) is 39.9 Å². The summed E-state index contributed by atoms with van der Waals surface area (Å²) in [6.07, 6.45) is 0. The number of hydrogen-bond acceptors (Lipinski definition) is 4. The van der Waals surface area contributed by atoms with Crippen LogP contribution in [0.4, 0.5) is 8.78 Å². The van der Waals surface area contributed by atoms with E-state index in [-0.39, 0.29) is 11.3 Å². The van der Waals surface area contributed by atoms with Crippen molar-refractivity contribution in [3.8, 4) is 17.0 Å². The minimum atomic E-state index is -2.97. The standard InChI is InChI=1S/C15H11F2N3O3/c1-7-6-9(8-4-2-3-5-10(8)23-14(16)17)18-12-11(7)19-15(22)20-13(12)21/h2-6,14H,1H3,(H2,19,20,21,22). The van der Waals surface area contributed by atoms with E-state index in [4.69, 9.17) is 0 Å². The molecule has 0 bridgehead atoms. The quantitative estimate of drug-likeness (QED) is 0.774. The fourth-order valence-electron chi connectivity index (χ4n) is 2.32. The lowest BCUT2D eigenvalue weighted by Gasteiger charge is -2.11. The number of fused-ring (bicyclic) bond motifs is 1. The van der Waals surface area contributed by atoms with Gasteiger partial charge in [-0.05, 0) is 30.7 Å². The van der Waals surface area contributed by atoms with Crippen molar-refractivity contribution in [3.63, 3.8) is 0 Å². The van der Waals surface area contributed by atoms with E-state index in [1.165, 1.54) is 6.07 Å². The second-order valence-corrected chi connectivity index (χ2v) is 4.83. The molecular formula is C15H11F2N3O3. The van der Waals surface area contributed by atoms with Gasteiger partial charge < -0.3 is 9.72 Å². The zero-order chi connectivity index (χ0) is 16.6. The summed E-state index contributed by atoms with van der Waals surface area (Å²) in [5, 5.41) is 0. The first kappa shape index (κ1) is 14.9. The molecule has 0 saturated heterocycles. The number of aromatic amines is 2. The van der Waals surface area contributed by atoms with Crippen molar-refractivity contribution in [1.82, 2.24) is 15.0 Å². The number of benzene rings is 1. The monoisotopic (exact) mass is 319 g/mol. The summed E-state index contributed by atoms with van der Waals surface area (Å²) < 4.78 is 29.5. The molecule has 0 aliphatic heterocycles. The molecule has 3 rings (SSSR count). The van der Waals surface area contributed by atoms with Crippen molar-refractivity contribution < 1.29 is 13.5 Å². The molecule has 0 radical (unpaired) electrons. The molecule has 6 nitrogen and oxygen atoms in total. The molecule has 3 aromatic rings. The van der Waals surface area contributed by atoms with Crippen LogP contribution < -0.4 is 16.0 Å². The second kappa shape index (κ2) is 5.64. The Kier molecular flexibility index (Phi) is 3.65. The minimum absolute atomic E-state index is 0.0199. The van der Waals surface area contributed by atoms with Crippen molar-refractivity contribution in [3.05, 3.63) is 56.7 Å². The minimum Gasteiger partial charge on any atom is -0.434 e. The highest BCUT2D eigenvalue weighted by Gasteiger charge is 2.14. The van der Waals surface area contributed by atoms with Crippen LogP contribution in [0.3, 0.4) is 0 Å². The summed E-state index contributed by atoms with van der Waals surface area (Å²) >= 11 is 0. The number of nitrogens with zero attached hydrogens (tertiary/aromatic N) is 1. The third kappa shape index (κ3) is 2.83. The summed E-state index contributed by atoms with van der Waals surface area (Å²) in [4.78, 5) is 32.0. The smallest absolute Gasteiger partial charge is 0.387 e. The van der Waals surface area contributed by atoms with Gasteiger partial charge in [-0.25, -0.2) is 9.78 Å². The Labute approximate surface area is 127 Å². The maximum absolute atomic E-state index is 12.5. The van der Waals surface area contributed by atoms with Crippen LogP contribution in [-0.4, -0.2) is 21.6 Å². The van der Waals surface area contributed by atoms with Crippen molar-refractivity contribution in [2.75, 3.05) is 0 Å². The van der Waals surface area contributed by atoms with Crippen molar-refractivity contribution >= 4 is 11.0 Å². The Balaban J connectivity index is 2.26. The molecule has 0 unspecified atom stereocenters. The zero-order valence-corrected chi connectivity index (χ0v) is 11.9. The number of aromatic nitrogens is 3. The van der Waals surface area contributed by atoms with Crippen LogP contribution in [0.25, 0.3) is 22.3 Å². The first-order valence-corrected chi connectivity index (χ1v) is 6.64. The summed E-state index contributed by atoms with van der Waals surface area (Å²) in [6.45, 7) is -1.29. The van der Waals surface area contributed by atoms with Crippen molar-refractivity contribution in [2.24, 2.45) is 0 Å². The third-order valence-corrected chi connectivity index (χ3v) is 3.28. The largest absolute Gasteiger partial charge is 0.434 e. The number of para-hydroxylation sites is 1. The van der Waals surface area contributed by atoms with Crippen LogP contribution in [-0.2, 0) is 0 Å². The van der Waals surface area contributed by atoms with Gasteiger partial charge in [-0.2, -0.15) is 8.78 Å². The average molecular weight is 319 g/mol. The van der Waals surface area contributed by atoms with E-state index in [9.17, 15) is 18.4 Å². The van der Waals surface area contributed by atoms with Crippen LogP contribution in [0, 0.1) is 6.92 Å². The molecule has 2 N–H and O–H groups in total. The summed E-state index contributed by atoms with van der Waals surface area (Å²) in [5.74, 6) is -0.0467. The molecule has 0 spiro atoms. The van der Waals surface area contributed by atoms with E-state index in [0.29, 0.717) is 22.3 Å². The molecule has 1 aromatic carbocycles. The maximum atomic E-state index is 12.5. The number of halogens is 2. The molecule has 0 amide bonds. The van der Waals surface area contributed by atoms with Gasteiger partial charge in [-0.3, -0.25) is 9.78 Å². The predicted octanol–water partition coefficient (Wildman–Crippen LogP) is 2.19. The normalized spacial score (nSPS) is 11.1. The van der Waals surface area contributed by atoms with Crippen molar-refractivity contribution in [2.45, 2.75) is 13.5 Å². The molecule has 0 saturated carbocycles. The number of nitrogens with one attached hydrogen (secondary N) is 2. The molecule has 0 aliphatic rings. The topological polar surface area (TPSA) is 87.8 Å². The predicted molar refractivity (Wildman–Crippen MR) is 79.8 cm³/mol. The third-order valence-electron chi connectivity index (χ3n) is 3.28. The molecule has 118 valence electrons. The average Bonchev–Trinajstić information content (AvgIpc) is 2.48. The number of aryl methyl sites for hydroxylation is 1. The molecule has 2 aromatic heterocycles.